The first-order chi connectivity index (χ1) is 5.34. The zero-order valence-electron chi connectivity index (χ0n) is 6.38. The van der Waals surface area contributed by atoms with Crippen LogP contribution in [-0.2, 0) is 4.74 Å². The largest absolute Gasteiger partial charge is 0.419 e. The van der Waals surface area contributed by atoms with E-state index in [-0.39, 0.29) is 6.09 Å². The molecule has 1 amide bonds. The number of piperazine rings is 1. The molecule has 1 fully saturated rings. The molecule has 0 atom stereocenters. The lowest BCUT2D eigenvalue weighted by molar-refractivity contribution is 0.131. The third kappa shape index (κ3) is 2.23. The molecular weight excluding hydrogens is 144 g/mol. The number of rotatable bonds is 1. The molecule has 0 radical (unpaired) electrons. The number of amides is 1. The molecule has 0 saturated carbocycles. The molecule has 4 heteroatoms. The van der Waals surface area contributed by atoms with Crippen LogP contribution in [0.1, 0.15) is 0 Å². The predicted octanol–water partition coefficient (Wildman–Crippen LogP) is 0.172. The van der Waals surface area contributed by atoms with E-state index < -0.39 is 0 Å². The van der Waals surface area contributed by atoms with E-state index in [0.29, 0.717) is 13.1 Å². The first kappa shape index (κ1) is 8.07. The SMILES string of the molecule is C=COC(=O)N1CCNCC1. The Balaban J connectivity index is 2.32. The van der Waals surface area contributed by atoms with Crippen LogP contribution in [-0.4, -0.2) is 37.2 Å². The Morgan fingerprint density at radius 3 is 2.73 bits per heavy atom. The van der Waals surface area contributed by atoms with E-state index in [0.717, 1.165) is 19.4 Å². The van der Waals surface area contributed by atoms with Gasteiger partial charge in [0.2, 0.25) is 0 Å². The topological polar surface area (TPSA) is 41.6 Å². The highest BCUT2D eigenvalue weighted by atomic mass is 16.5. The maximum Gasteiger partial charge on any atom is 0.414 e. The van der Waals surface area contributed by atoms with Crippen LogP contribution in [0, 0.1) is 0 Å². The Labute approximate surface area is 65.8 Å². The Bertz CT molecular complexity index is 153. The van der Waals surface area contributed by atoms with Crippen molar-refractivity contribution < 1.29 is 9.53 Å². The van der Waals surface area contributed by atoms with Crippen molar-refractivity contribution in [2.45, 2.75) is 0 Å². The second-order valence-electron chi connectivity index (χ2n) is 2.29. The van der Waals surface area contributed by atoms with Crippen molar-refractivity contribution in [1.82, 2.24) is 10.2 Å². The van der Waals surface area contributed by atoms with Gasteiger partial charge in [0.15, 0.2) is 0 Å². The standard InChI is InChI=1S/C7H12N2O2/c1-2-11-7(10)9-5-3-8-4-6-9/h2,8H,1,3-6H2. The monoisotopic (exact) mass is 156 g/mol. The second kappa shape index (κ2) is 3.98. The van der Waals surface area contributed by atoms with E-state index >= 15 is 0 Å². The van der Waals surface area contributed by atoms with Gasteiger partial charge in [-0.3, -0.25) is 0 Å². The summed E-state index contributed by atoms with van der Waals surface area (Å²) in [5.74, 6) is 0. The smallest absolute Gasteiger partial charge is 0.414 e. The summed E-state index contributed by atoms with van der Waals surface area (Å²) in [5, 5.41) is 3.14. The van der Waals surface area contributed by atoms with Gasteiger partial charge in [0.1, 0.15) is 0 Å². The molecule has 0 aromatic carbocycles. The van der Waals surface area contributed by atoms with Crippen LogP contribution in [0.4, 0.5) is 4.79 Å². The van der Waals surface area contributed by atoms with E-state index in [9.17, 15) is 4.79 Å². The van der Waals surface area contributed by atoms with Gasteiger partial charge in [-0.05, 0) is 0 Å². The third-order valence-corrected chi connectivity index (χ3v) is 1.56. The summed E-state index contributed by atoms with van der Waals surface area (Å²) in [4.78, 5) is 12.7. The quantitative estimate of drug-likeness (QED) is 0.550. The van der Waals surface area contributed by atoms with Crippen LogP contribution < -0.4 is 5.32 Å². The fourth-order valence-electron chi connectivity index (χ4n) is 0.993. The van der Waals surface area contributed by atoms with Crippen molar-refractivity contribution in [2.24, 2.45) is 0 Å². The number of nitrogens with one attached hydrogen (secondary N) is 1. The molecule has 62 valence electrons. The summed E-state index contributed by atoms with van der Waals surface area (Å²) in [6.07, 6.45) is 0.853. The zero-order valence-corrected chi connectivity index (χ0v) is 6.38. The minimum atomic E-state index is -0.304. The van der Waals surface area contributed by atoms with Crippen molar-refractivity contribution in [2.75, 3.05) is 26.2 Å². The fourth-order valence-corrected chi connectivity index (χ4v) is 0.993. The average Bonchev–Trinajstić information content (AvgIpc) is 2.07. The molecule has 1 rings (SSSR count). The van der Waals surface area contributed by atoms with Crippen LogP contribution in [0.3, 0.4) is 0 Å². The number of hydrogen-bond acceptors (Lipinski definition) is 3. The molecule has 0 spiro atoms. The molecule has 0 unspecified atom stereocenters. The molecule has 1 N–H and O–H groups in total. The van der Waals surface area contributed by atoms with Gasteiger partial charge in [-0.15, -0.1) is 0 Å². The lowest BCUT2D eigenvalue weighted by Gasteiger charge is -2.25. The zero-order chi connectivity index (χ0) is 8.10. The van der Waals surface area contributed by atoms with E-state index in [1.165, 1.54) is 0 Å². The first-order valence-electron chi connectivity index (χ1n) is 3.62. The number of hydrogen-bond donors (Lipinski definition) is 1. The van der Waals surface area contributed by atoms with Gasteiger partial charge in [0.25, 0.3) is 0 Å². The highest BCUT2D eigenvalue weighted by Gasteiger charge is 2.15. The molecule has 1 saturated heterocycles. The Morgan fingerprint density at radius 1 is 1.55 bits per heavy atom. The van der Waals surface area contributed by atoms with Crippen LogP contribution in [0.5, 0.6) is 0 Å². The van der Waals surface area contributed by atoms with E-state index in [1.807, 2.05) is 0 Å². The summed E-state index contributed by atoms with van der Waals surface area (Å²) in [6.45, 7) is 6.42. The fraction of sp³-hybridized carbons (Fsp3) is 0.571. The normalized spacial score (nSPS) is 17.6. The van der Waals surface area contributed by atoms with E-state index in [4.69, 9.17) is 0 Å². The molecule has 0 aromatic rings. The molecule has 4 nitrogen and oxygen atoms in total. The maximum atomic E-state index is 11.0. The lowest BCUT2D eigenvalue weighted by atomic mass is 10.4. The van der Waals surface area contributed by atoms with Gasteiger partial charge in [0.05, 0.1) is 6.26 Å². The van der Waals surface area contributed by atoms with Crippen molar-refractivity contribution >= 4 is 6.09 Å². The van der Waals surface area contributed by atoms with Crippen LogP contribution in [0.15, 0.2) is 12.8 Å². The summed E-state index contributed by atoms with van der Waals surface area (Å²) in [6, 6.07) is 0. The molecular formula is C7H12N2O2. The lowest BCUT2D eigenvalue weighted by Crippen LogP contribution is -2.46. The summed E-state index contributed by atoms with van der Waals surface area (Å²) in [5.41, 5.74) is 0. The minimum Gasteiger partial charge on any atom is -0.419 e. The van der Waals surface area contributed by atoms with Gasteiger partial charge in [-0.2, -0.15) is 0 Å². The highest BCUT2D eigenvalue weighted by Crippen LogP contribution is 1.95. The van der Waals surface area contributed by atoms with Crippen LogP contribution >= 0.6 is 0 Å². The number of nitrogens with zero attached hydrogens (tertiary/aromatic N) is 1. The highest BCUT2D eigenvalue weighted by molar-refractivity contribution is 5.68. The summed E-state index contributed by atoms with van der Waals surface area (Å²) >= 11 is 0. The Morgan fingerprint density at radius 2 is 2.18 bits per heavy atom. The molecule has 0 aromatic heterocycles. The Hall–Kier alpha value is -1.03. The number of carbonyl (C=O) groups excluding carboxylic acids is 1. The second-order valence-corrected chi connectivity index (χ2v) is 2.29. The van der Waals surface area contributed by atoms with Gasteiger partial charge in [0, 0.05) is 26.2 Å². The number of ether oxygens (including phenoxy) is 1. The van der Waals surface area contributed by atoms with Crippen LogP contribution in [0.2, 0.25) is 0 Å². The van der Waals surface area contributed by atoms with Gasteiger partial charge in [-0.1, -0.05) is 6.58 Å². The molecule has 1 aliphatic rings. The van der Waals surface area contributed by atoms with E-state index in [2.05, 4.69) is 16.6 Å². The molecule has 1 heterocycles. The molecule has 11 heavy (non-hydrogen) atoms. The first-order valence-corrected chi connectivity index (χ1v) is 3.62. The molecule has 0 aliphatic carbocycles. The van der Waals surface area contributed by atoms with Crippen molar-refractivity contribution in [1.29, 1.82) is 0 Å². The van der Waals surface area contributed by atoms with Crippen molar-refractivity contribution in [3.63, 3.8) is 0 Å². The number of carbonyl (C=O) groups is 1. The third-order valence-electron chi connectivity index (χ3n) is 1.56. The maximum absolute atomic E-state index is 11.0. The molecule has 1 aliphatic heterocycles. The van der Waals surface area contributed by atoms with Crippen molar-refractivity contribution in [3.8, 4) is 0 Å². The van der Waals surface area contributed by atoms with Gasteiger partial charge >= 0.3 is 6.09 Å². The van der Waals surface area contributed by atoms with Gasteiger partial charge < -0.3 is 15.0 Å². The average molecular weight is 156 g/mol. The molecule has 0 bridgehead atoms. The summed E-state index contributed by atoms with van der Waals surface area (Å²) < 4.78 is 4.60. The van der Waals surface area contributed by atoms with Crippen LogP contribution in [0.25, 0.3) is 0 Å². The van der Waals surface area contributed by atoms with Gasteiger partial charge in [-0.25, -0.2) is 4.79 Å². The Kier molecular flexibility index (Phi) is 2.92. The summed E-state index contributed by atoms with van der Waals surface area (Å²) in [7, 11) is 0. The predicted molar refractivity (Wildman–Crippen MR) is 41.1 cm³/mol. The minimum absolute atomic E-state index is 0.304. The van der Waals surface area contributed by atoms with E-state index in [1.54, 1.807) is 4.90 Å². The van der Waals surface area contributed by atoms with Crippen molar-refractivity contribution in [3.05, 3.63) is 12.8 Å².